The molecule has 0 aliphatic rings. The Morgan fingerprint density at radius 3 is 2.21 bits per heavy atom. The van der Waals surface area contributed by atoms with Gasteiger partial charge in [-0.3, -0.25) is 9.59 Å². The molecule has 1 aromatic rings. The number of carboxylic acids is 1. The van der Waals surface area contributed by atoms with Crippen molar-refractivity contribution in [1.82, 2.24) is 5.32 Å². The molecule has 1 atom stereocenters. The smallest absolute Gasteiger partial charge is 0.471 e. The van der Waals surface area contributed by atoms with E-state index in [2.05, 4.69) is 15.9 Å². The average molecular weight is 340 g/mol. The topological polar surface area (TPSA) is 66.4 Å². The monoisotopic (exact) mass is 339 g/mol. The summed E-state index contributed by atoms with van der Waals surface area (Å²) in [7, 11) is 0. The molecule has 1 aromatic carbocycles. The molecule has 0 heterocycles. The predicted molar refractivity (Wildman–Crippen MR) is 63.3 cm³/mol. The molecule has 1 unspecified atom stereocenters. The number of rotatable bonds is 4. The van der Waals surface area contributed by atoms with E-state index in [1.54, 1.807) is 17.4 Å². The molecule has 2 N–H and O–H groups in total. The standard InChI is InChI=1S/C11H9BrF3NO3/c12-7-3-1-6(2-4-7)8(5-9(17)18)16-10(19)11(13,14)15/h1-4,8H,5H2,(H,16,19)(H,17,18). The van der Waals surface area contributed by atoms with Crippen LogP contribution in [-0.2, 0) is 9.59 Å². The zero-order chi connectivity index (χ0) is 14.6. The maximum absolute atomic E-state index is 12.2. The van der Waals surface area contributed by atoms with Gasteiger partial charge in [-0.15, -0.1) is 0 Å². The SMILES string of the molecule is O=C(O)CC(NC(=O)C(F)(F)F)c1ccc(Br)cc1. The second kappa shape index (κ2) is 6.05. The molecule has 0 bridgehead atoms. The highest BCUT2D eigenvalue weighted by Crippen LogP contribution is 2.22. The van der Waals surface area contributed by atoms with E-state index < -0.39 is 30.5 Å². The van der Waals surface area contributed by atoms with Gasteiger partial charge >= 0.3 is 18.1 Å². The summed E-state index contributed by atoms with van der Waals surface area (Å²) in [5, 5.41) is 10.3. The molecule has 0 saturated carbocycles. The van der Waals surface area contributed by atoms with Gasteiger partial charge in [-0.2, -0.15) is 13.2 Å². The van der Waals surface area contributed by atoms with E-state index in [-0.39, 0.29) is 5.56 Å². The molecule has 0 spiro atoms. The fourth-order valence-corrected chi connectivity index (χ4v) is 1.63. The molecular formula is C11H9BrF3NO3. The Labute approximate surface area is 114 Å². The lowest BCUT2D eigenvalue weighted by Crippen LogP contribution is -2.39. The molecule has 0 radical (unpaired) electrons. The van der Waals surface area contributed by atoms with Crippen LogP contribution in [0.3, 0.4) is 0 Å². The van der Waals surface area contributed by atoms with Crippen molar-refractivity contribution in [2.45, 2.75) is 18.6 Å². The zero-order valence-electron chi connectivity index (χ0n) is 9.37. The highest BCUT2D eigenvalue weighted by molar-refractivity contribution is 9.10. The largest absolute Gasteiger partial charge is 0.481 e. The Hall–Kier alpha value is -1.57. The van der Waals surface area contributed by atoms with Crippen molar-refractivity contribution in [2.24, 2.45) is 0 Å². The molecule has 8 heteroatoms. The van der Waals surface area contributed by atoms with Crippen LogP contribution >= 0.6 is 15.9 Å². The third-order valence-electron chi connectivity index (χ3n) is 2.21. The van der Waals surface area contributed by atoms with Gasteiger partial charge in [-0.05, 0) is 17.7 Å². The second-order valence-corrected chi connectivity index (χ2v) is 4.59. The van der Waals surface area contributed by atoms with E-state index >= 15 is 0 Å². The number of hydrogen-bond donors (Lipinski definition) is 2. The molecule has 0 aliphatic heterocycles. The molecule has 1 amide bonds. The number of carboxylic acid groups (broad SMARTS) is 1. The molecule has 104 valence electrons. The van der Waals surface area contributed by atoms with Crippen LogP contribution in [0.5, 0.6) is 0 Å². The number of benzene rings is 1. The Bertz CT molecular complexity index is 473. The Balaban J connectivity index is 2.92. The number of halogens is 4. The van der Waals surface area contributed by atoms with Crippen LogP contribution in [0.1, 0.15) is 18.0 Å². The minimum Gasteiger partial charge on any atom is -0.481 e. The molecule has 1 rings (SSSR count). The Kier molecular flexibility index (Phi) is 4.93. The van der Waals surface area contributed by atoms with E-state index in [1.165, 1.54) is 12.1 Å². The first-order valence-corrected chi connectivity index (χ1v) is 5.84. The van der Waals surface area contributed by atoms with Gasteiger partial charge in [0.1, 0.15) is 0 Å². The van der Waals surface area contributed by atoms with Crippen LogP contribution in [-0.4, -0.2) is 23.2 Å². The van der Waals surface area contributed by atoms with Crippen molar-refractivity contribution in [3.05, 3.63) is 34.3 Å². The van der Waals surface area contributed by atoms with E-state index in [0.717, 1.165) is 0 Å². The molecule has 0 fully saturated rings. The summed E-state index contributed by atoms with van der Waals surface area (Å²) in [4.78, 5) is 21.5. The molecule has 0 aromatic heterocycles. The number of carbonyl (C=O) groups is 2. The fourth-order valence-electron chi connectivity index (χ4n) is 1.36. The van der Waals surface area contributed by atoms with Gasteiger partial charge in [0.15, 0.2) is 0 Å². The maximum atomic E-state index is 12.2. The fraction of sp³-hybridized carbons (Fsp3) is 0.273. The lowest BCUT2D eigenvalue weighted by Gasteiger charge is -2.18. The quantitative estimate of drug-likeness (QED) is 0.886. The molecule has 4 nitrogen and oxygen atoms in total. The normalized spacial score (nSPS) is 12.8. The van der Waals surface area contributed by atoms with Gasteiger partial charge in [0.2, 0.25) is 0 Å². The molecule has 0 aliphatic carbocycles. The average Bonchev–Trinajstić information content (AvgIpc) is 2.27. The number of alkyl halides is 3. The van der Waals surface area contributed by atoms with Crippen molar-refractivity contribution in [1.29, 1.82) is 0 Å². The highest BCUT2D eigenvalue weighted by Gasteiger charge is 2.40. The minimum atomic E-state index is -5.05. The molecule has 0 saturated heterocycles. The number of amides is 1. The van der Waals surface area contributed by atoms with Gasteiger partial charge in [-0.1, -0.05) is 28.1 Å². The van der Waals surface area contributed by atoms with Crippen molar-refractivity contribution in [2.75, 3.05) is 0 Å². The van der Waals surface area contributed by atoms with E-state index in [4.69, 9.17) is 5.11 Å². The minimum absolute atomic E-state index is 0.281. The first kappa shape index (κ1) is 15.5. The van der Waals surface area contributed by atoms with E-state index in [1.807, 2.05) is 0 Å². The number of aliphatic carboxylic acids is 1. The summed E-state index contributed by atoms with van der Waals surface area (Å²) in [6, 6.07) is 4.73. The van der Waals surface area contributed by atoms with Gasteiger partial charge in [0.25, 0.3) is 0 Å². The lowest BCUT2D eigenvalue weighted by molar-refractivity contribution is -0.174. The first-order valence-electron chi connectivity index (χ1n) is 5.05. The van der Waals surface area contributed by atoms with Gasteiger partial charge in [-0.25, -0.2) is 0 Å². The van der Waals surface area contributed by atoms with Crippen LogP contribution in [0, 0.1) is 0 Å². The number of nitrogens with one attached hydrogen (secondary N) is 1. The van der Waals surface area contributed by atoms with Crippen molar-refractivity contribution >= 4 is 27.8 Å². The second-order valence-electron chi connectivity index (χ2n) is 3.67. The molecular weight excluding hydrogens is 331 g/mol. The lowest BCUT2D eigenvalue weighted by atomic mass is 10.0. The van der Waals surface area contributed by atoms with E-state index in [0.29, 0.717) is 4.47 Å². The summed E-state index contributed by atoms with van der Waals surface area (Å²) < 4.78 is 37.2. The van der Waals surface area contributed by atoms with Crippen molar-refractivity contribution in [3.63, 3.8) is 0 Å². The van der Waals surface area contributed by atoms with Gasteiger partial charge in [0, 0.05) is 4.47 Å². The summed E-state index contributed by atoms with van der Waals surface area (Å²) in [6.45, 7) is 0. The first-order chi connectivity index (χ1) is 8.70. The maximum Gasteiger partial charge on any atom is 0.471 e. The van der Waals surface area contributed by atoms with Crippen LogP contribution < -0.4 is 5.32 Å². The van der Waals surface area contributed by atoms with E-state index in [9.17, 15) is 22.8 Å². The highest BCUT2D eigenvalue weighted by atomic mass is 79.9. The molecule has 19 heavy (non-hydrogen) atoms. The summed E-state index contributed by atoms with van der Waals surface area (Å²) in [5.41, 5.74) is 0.281. The summed E-state index contributed by atoms with van der Waals surface area (Å²) in [6.07, 6.45) is -5.68. The van der Waals surface area contributed by atoms with Crippen LogP contribution in [0.4, 0.5) is 13.2 Å². The zero-order valence-corrected chi connectivity index (χ0v) is 11.0. The Morgan fingerprint density at radius 2 is 1.79 bits per heavy atom. The number of hydrogen-bond acceptors (Lipinski definition) is 2. The third-order valence-corrected chi connectivity index (χ3v) is 2.74. The number of carbonyl (C=O) groups excluding carboxylic acids is 1. The predicted octanol–water partition coefficient (Wildman–Crippen LogP) is 2.64. The van der Waals surface area contributed by atoms with Crippen molar-refractivity contribution in [3.8, 4) is 0 Å². The van der Waals surface area contributed by atoms with Gasteiger partial charge < -0.3 is 10.4 Å². The summed E-state index contributed by atoms with van der Waals surface area (Å²) >= 11 is 3.14. The van der Waals surface area contributed by atoms with Crippen LogP contribution in [0.25, 0.3) is 0 Å². The van der Waals surface area contributed by atoms with Gasteiger partial charge in [0.05, 0.1) is 12.5 Å². The third kappa shape index (κ3) is 4.90. The Morgan fingerprint density at radius 1 is 1.26 bits per heavy atom. The summed E-state index contributed by atoms with van der Waals surface area (Å²) in [5.74, 6) is -3.47. The van der Waals surface area contributed by atoms with Crippen LogP contribution in [0.15, 0.2) is 28.7 Å². The van der Waals surface area contributed by atoms with Crippen LogP contribution in [0.2, 0.25) is 0 Å². The van der Waals surface area contributed by atoms with Crippen molar-refractivity contribution < 1.29 is 27.9 Å².